The molecule has 0 saturated heterocycles. The van der Waals surface area contributed by atoms with Crippen LogP contribution in [0.25, 0.3) is 0 Å². The Hall–Kier alpha value is -2.45. The fraction of sp³-hybridized carbons (Fsp3) is 0.222. The fourth-order valence-corrected chi connectivity index (χ4v) is 2.38. The first kappa shape index (κ1) is 16.9. The van der Waals surface area contributed by atoms with Gasteiger partial charge in [0.25, 0.3) is 5.91 Å². The number of benzene rings is 2. The highest BCUT2D eigenvalue weighted by atomic mass is 32.2. The number of likely N-dealkylation sites (N-methyl/N-ethyl adjacent to an activating group) is 1. The van der Waals surface area contributed by atoms with Gasteiger partial charge in [-0.2, -0.15) is 5.26 Å². The van der Waals surface area contributed by atoms with Crippen molar-refractivity contribution in [3.05, 3.63) is 59.7 Å². The largest absolute Gasteiger partial charge is 0.484 e. The van der Waals surface area contributed by atoms with Crippen molar-refractivity contribution in [2.75, 3.05) is 19.9 Å². The lowest BCUT2D eigenvalue weighted by atomic mass is 10.2. The van der Waals surface area contributed by atoms with Crippen LogP contribution in [0, 0.1) is 11.3 Å². The maximum absolute atomic E-state index is 12.1. The first-order valence-corrected chi connectivity index (χ1v) is 8.34. The van der Waals surface area contributed by atoms with Crippen LogP contribution in [-0.4, -0.2) is 30.7 Å². The minimum atomic E-state index is -0.0942. The molecule has 0 unspecified atom stereocenters. The second-order valence-corrected chi connectivity index (χ2v) is 5.90. The molecular weight excluding hydrogens is 308 g/mol. The normalized spacial score (nSPS) is 9.96. The van der Waals surface area contributed by atoms with Gasteiger partial charge in [0.05, 0.1) is 11.6 Å². The van der Waals surface area contributed by atoms with E-state index in [1.807, 2.05) is 36.6 Å². The van der Waals surface area contributed by atoms with E-state index >= 15 is 0 Å². The Balaban J connectivity index is 1.85. The topological polar surface area (TPSA) is 53.3 Å². The highest BCUT2D eigenvalue weighted by molar-refractivity contribution is 7.98. The van der Waals surface area contributed by atoms with E-state index < -0.39 is 0 Å². The predicted octanol–water partition coefficient (Wildman–Crippen LogP) is 3.32. The number of carbonyl (C=O) groups is 1. The maximum atomic E-state index is 12.1. The van der Waals surface area contributed by atoms with Gasteiger partial charge in [0.2, 0.25) is 0 Å². The molecule has 4 nitrogen and oxygen atoms in total. The molecular formula is C18H18N2O2S. The zero-order chi connectivity index (χ0) is 16.7. The summed E-state index contributed by atoms with van der Waals surface area (Å²) in [6.07, 6.45) is 2.03. The molecule has 23 heavy (non-hydrogen) atoms. The summed E-state index contributed by atoms with van der Waals surface area (Å²) in [6, 6.07) is 16.9. The van der Waals surface area contributed by atoms with Crippen LogP contribution in [0.15, 0.2) is 53.4 Å². The first-order chi connectivity index (χ1) is 11.1. The molecule has 0 aliphatic rings. The Kier molecular flexibility index (Phi) is 6.07. The molecule has 0 aliphatic carbocycles. The van der Waals surface area contributed by atoms with Crippen LogP contribution in [0.2, 0.25) is 0 Å². The van der Waals surface area contributed by atoms with Crippen LogP contribution in [0.4, 0.5) is 0 Å². The van der Waals surface area contributed by atoms with Crippen molar-refractivity contribution < 1.29 is 9.53 Å². The lowest BCUT2D eigenvalue weighted by Crippen LogP contribution is -2.30. The van der Waals surface area contributed by atoms with Crippen LogP contribution in [-0.2, 0) is 11.3 Å². The van der Waals surface area contributed by atoms with Gasteiger partial charge >= 0.3 is 0 Å². The molecule has 0 atom stereocenters. The Labute approximate surface area is 140 Å². The number of hydrogen-bond donors (Lipinski definition) is 0. The molecule has 1 amide bonds. The molecule has 0 bridgehead atoms. The van der Waals surface area contributed by atoms with Gasteiger partial charge in [0, 0.05) is 18.5 Å². The molecule has 2 rings (SSSR count). The second kappa shape index (κ2) is 8.25. The zero-order valence-corrected chi connectivity index (χ0v) is 14.0. The number of nitrogens with zero attached hydrogens (tertiary/aromatic N) is 2. The first-order valence-electron chi connectivity index (χ1n) is 7.12. The average Bonchev–Trinajstić information content (AvgIpc) is 2.60. The van der Waals surface area contributed by atoms with Gasteiger partial charge in [-0.15, -0.1) is 11.8 Å². The maximum Gasteiger partial charge on any atom is 0.260 e. The number of rotatable bonds is 6. The Morgan fingerprint density at radius 2 is 1.83 bits per heavy atom. The van der Waals surface area contributed by atoms with Gasteiger partial charge in [-0.25, -0.2) is 0 Å². The van der Waals surface area contributed by atoms with Crippen molar-refractivity contribution >= 4 is 17.7 Å². The molecule has 0 radical (unpaired) electrons. The van der Waals surface area contributed by atoms with E-state index in [-0.39, 0.29) is 12.5 Å². The van der Waals surface area contributed by atoms with Gasteiger partial charge in [-0.1, -0.05) is 12.1 Å². The molecule has 118 valence electrons. The summed E-state index contributed by atoms with van der Waals surface area (Å²) in [5.74, 6) is 0.485. The minimum absolute atomic E-state index is 0.0225. The quantitative estimate of drug-likeness (QED) is 0.764. The summed E-state index contributed by atoms with van der Waals surface area (Å²) >= 11 is 1.69. The van der Waals surface area contributed by atoms with Crippen LogP contribution < -0.4 is 4.74 Å². The van der Waals surface area contributed by atoms with E-state index in [4.69, 9.17) is 10.00 Å². The zero-order valence-electron chi connectivity index (χ0n) is 13.2. The van der Waals surface area contributed by atoms with E-state index in [9.17, 15) is 4.79 Å². The number of ether oxygens (including phenoxy) is 1. The van der Waals surface area contributed by atoms with Gasteiger partial charge in [-0.05, 0) is 48.2 Å². The summed E-state index contributed by atoms with van der Waals surface area (Å²) in [6.45, 7) is 0.523. The molecule has 0 N–H and O–H groups in total. The van der Waals surface area contributed by atoms with Gasteiger partial charge < -0.3 is 9.64 Å². The van der Waals surface area contributed by atoms with Gasteiger partial charge in [-0.3, -0.25) is 4.79 Å². The molecule has 0 aliphatic heterocycles. The predicted molar refractivity (Wildman–Crippen MR) is 91.3 cm³/mol. The molecule has 0 spiro atoms. The number of amides is 1. The molecule has 0 heterocycles. The molecule has 0 saturated carbocycles. The highest BCUT2D eigenvalue weighted by Gasteiger charge is 2.10. The lowest BCUT2D eigenvalue weighted by Gasteiger charge is -2.17. The molecule has 5 heteroatoms. The van der Waals surface area contributed by atoms with E-state index in [1.165, 1.54) is 4.90 Å². The van der Waals surface area contributed by atoms with Crippen LogP contribution in [0.5, 0.6) is 5.75 Å². The van der Waals surface area contributed by atoms with Gasteiger partial charge in [0.15, 0.2) is 6.61 Å². The Morgan fingerprint density at radius 3 is 2.39 bits per heavy atom. The summed E-state index contributed by atoms with van der Waals surface area (Å²) in [5, 5.41) is 8.74. The van der Waals surface area contributed by atoms with E-state index in [0.29, 0.717) is 17.9 Å². The van der Waals surface area contributed by atoms with Crippen molar-refractivity contribution in [1.29, 1.82) is 5.26 Å². The standard InChI is InChI=1S/C18H18N2O2S/c1-20(12-15-5-9-17(23-2)10-6-15)18(21)13-22-16-7-3-14(11-19)4-8-16/h3-10H,12-13H2,1-2H3. The number of carbonyl (C=O) groups excluding carboxylic acids is 1. The van der Waals surface area contributed by atoms with Gasteiger partial charge in [0.1, 0.15) is 5.75 Å². The summed E-state index contributed by atoms with van der Waals surface area (Å²) in [7, 11) is 1.76. The van der Waals surface area contributed by atoms with Crippen molar-refractivity contribution in [3.8, 4) is 11.8 Å². The molecule has 0 fully saturated rings. The third kappa shape index (κ3) is 5.04. The molecule has 2 aromatic carbocycles. The van der Waals surface area contributed by atoms with E-state index in [1.54, 1.807) is 48.0 Å². The van der Waals surface area contributed by atoms with Crippen molar-refractivity contribution in [2.24, 2.45) is 0 Å². The van der Waals surface area contributed by atoms with E-state index in [0.717, 1.165) is 5.56 Å². The van der Waals surface area contributed by atoms with Crippen LogP contribution in [0.3, 0.4) is 0 Å². The second-order valence-electron chi connectivity index (χ2n) is 5.02. The molecule has 2 aromatic rings. The SMILES string of the molecule is CSc1ccc(CN(C)C(=O)COc2ccc(C#N)cc2)cc1. The minimum Gasteiger partial charge on any atom is -0.484 e. The Morgan fingerprint density at radius 1 is 1.17 bits per heavy atom. The lowest BCUT2D eigenvalue weighted by molar-refractivity contribution is -0.132. The summed E-state index contributed by atoms with van der Waals surface area (Å²) < 4.78 is 5.46. The van der Waals surface area contributed by atoms with Crippen LogP contribution >= 0.6 is 11.8 Å². The number of nitriles is 1. The monoisotopic (exact) mass is 326 g/mol. The Bertz CT molecular complexity index is 690. The molecule has 0 aromatic heterocycles. The number of thioether (sulfide) groups is 1. The number of hydrogen-bond acceptors (Lipinski definition) is 4. The highest BCUT2D eigenvalue weighted by Crippen LogP contribution is 2.16. The average molecular weight is 326 g/mol. The van der Waals surface area contributed by atoms with Crippen molar-refractivity contribution in [1.82, 2.24) is 4.90 Å². The third-order valence-electron chi connectivity index (χ3n) is 3.35. The van der Waals surface area contributed by atoms with Crippen LogP contribution in [0.1, 0.15) is 11.1 Å². The van der Waals surface area contributed by atoms with Crippen molar-refractivity contribution in [2.45, 2.75) is 11.4 Å². The fourth-order valence-electron chi connectivity index (χ4n) is 1.97. The van der Waals surface area contributed by atoms with Crippen molar-refractivity contribution in [3.63, 3.8) is 0 Å². The summed E-state index contributed by atoms with van der Waals surface area (Å²) in [5.41, 5.74) is 1.64. The summed E-state index contributed by atoms with van der Waals surface area (Å²) in [4.78, 5) is 14.9. The van der Waals surface area contributed by atoms with E-state index in [2.05, 4.69) is 0 Å². The third-order valence-corrected chi connectivity index (χ3v) is 4.09. The smallest absolute Gasteiger partial charge is 0.260 e.